The molecule has 0 aliphatic carbocycles. The highest BCUT2D eigenvalue weighted by molar-refractivity contribution is 6.07. The van der Waals surface area contributed by atoms with Gasteiger partial charge in [-0.15, -0.1) is 0 Å². The molecule has 0 aliphatic rings. The lowest BCUT2D eigenvalue weighted by Crippen LogP contribution is -2.03. The summed E-state index contributed by atoms with van der Waals surface area (Å²) >= 11 is 0. The summed E-state index contributed by atoms with van der Waals surface area (Å²) in [7, 11) is 1.35. The molecule has 0 amide bonds. The van der Waals surface area contributed by atoms with Crippen molar-refractivity contribution in [2.45, 2.75) is 13.8 Å². The zero-order valence-corrected chi connectivity index (χ0v) is 7.51. The molecule has 0 N–H and O–H groups in total. The van der Waals surface area contributed by atoms with E-state index in [0.29, 0.717) is 5.57 Å². The van der Waals surface area contributed by atoms with Gasteiger partial charge in [0.2, 0.25) is 0 Å². The Morgan fingerprint density at radius 1 is 1.33 bits per heavy atom. The summed E-state index contributed by atoms with van der Waals surface area (Å²) in [6, 6.07) is 0. The molecule has 0 heterocycles. The highest BCUT2D eigenvalue weighted by atomic mass is 16.5. The maximum absolute atomic E-state index is 11.0. The Balaban J connectivity index is 4.61. The summed E-state index contributed by atoms with van der Waals surface area (Å²) in [5.41, 5.74) is 0.380. The second-order valence-corrected chi connectivity index (χ2v) is 2.41. The van der Waals surface area contributed by atoms with E-state index in [9.17, 15) is 9.59 Å². The van der Waals surface area contributed by atoms with E-state index in [4.69, 9.17) is 0 Å². The molecular formula is C9H12O3. The average molecular weight is 168 g/mol. The fraction of sp³-hybridized carbons (Fsp3) is 0.333. The summed E-state index contributed by atoms with van der Waals surface area (Å²) < 4.78 is 4.68. The molecule has 3 heteroatoms. The Morgan fingerprint density at radius 3 is 2.08 bits per heavy atom. The number of allylic oxidation sites excluding steroid dienone is 3. The number of Topliss-reactive ketones (excluding diaryl/α,β-unsaturated/α-hetero) is 1. The van der Waals surface area contributed by atoms with Crippen molar-refractivity contribution in [2.75, 3.05) is 7.11 Å². The molecule has 66 valence electrons. The first-order valence-corrected chi connectivity index (χ1v) is 3.45. The fourth-order valence-electron chi connectivity index (χ4n) is 0.547. The number of hydrogen-bond donors (Lipinski definition) is 0. The normalized spacial score (nSPS) is 10.8. The molecule has 0 aromatic heterocycles. The third kappa shape index (κ3) is 3.14. The van der Waals surface area contributed by atoms with Gasteiger partial charge in [-0.3, -0.25) is 9.59 Å². The quantitative estimate of drug-likeness (QED) is 0.468. The zero-order chi connectivity index (χ0) is 9.72. The van der Waals surface area contributed by atoms with E-state index >= 15 is 0 Å². The lowest BCUT2D eigenvalue weighted by molar-refractivity contribution is -0.117. The Kier molecular flexibility index (Phi) is 3.97. The lowest BCUT2D eigenvalue weighted by Gasteiger charge is -1.99. The van der Waals surface area contributed by atoms with Gasteiger partial charge >= 0.3 is 0 Å². The van der Waals surface area contributed by atoms with Crippen LogP contribution in [0.3, 0.4) is 0 Å². The van der Waals surface area contributed by atoms with E-state index in [1.54, 1.807) is 6.92 Å². The predicted molar refractivity (Wildman–Crippen MR) is 45.6 cm³/mol. The van der Waals surface area contributed by atoms with Crippen LogP contribution in [-0.2, 0) is 14.3 Å². The standard InChI is InChI=1S/C9H12O3/c1-6(2)8(11)5-9(12-4)7(3)10/h5H,1H2,2-4H3/b9-5+. The average Bonchev–Trinajstić information content (AvgIpc) is 1.98. The van der Waals surface area contributed by atoms with Crippen molar-refractivity contribution in [1.82, 2.24) is 0 Å². The first-order chi connectivity index (χ1) is 5.49. The molecule has 0 fully saturated rings. The highest BCUT2D eigenvalue weighted by Gasteiger charge is 2.06. The maximum Gasteiger partial charge on any atom is 0.194 e. The molecule has 0 atom stereocenters. The number of rotatable bonds is 4. The van der Waals surface area contributed by atoms with Gasteiger partial charge in [0.05, 0.1) is 7.11 Å². The van der Waals surface area contributed by atoms with Gasteiger partial charge in [0.1, 0.15) is 0 Å². The molecule has 0 aliphatic heterocycles. The topological polar surface area (TPSA) is 43.4 Å². The third-order valence-corrected chi connectivity index (χ3v) is 1.25. The van der Waals surface area contributed by atoms with Gasteiger partial charge in [-0.2, -0.15) is 0 Å². The number of ether oxygens (including phenoxy) is 1. The maximum atomic E-state index is 11.0. The molecule has 0 saturated heterocycles. The number of ketones is 2. The van der Waals surface area contributed by atoms with Crippen molar-refractivity contribution >= 4 is 11.6 Å². The van der Waals surface area contributed by atoms with Gasteiger partial charge in [0.15, 0.2) is 17.3 Å². The summed E-state index contributed by atoms with van der Waals surface area (Å²) in [4.78, 5) is 21.8. The van der Waals surface area contributed by atoms with Gasteiger partial charge in [0, 0.05) is 13.0 Å². The summed E-state index contributed by atoms with van der Waals surface area (Å²) in [5.74, 6) is -0.503. The lowest BCUT2D eigenvalue weighted by atomic mass is 10.2. The third-order valence-electron chi connectivity index (χ3n) is 1.25. The zero-order valence-electron chi connectivity index (χ0n) is 7.51. The Hall–Kier alpha value is -1.38. The molecule has 0 rings (SSSR count). The Labute approximate surface area is 71.7 Å². The van der Waals surface area contributed by atoms with Gasteiger partial charge < -0.3 is 4.74 Å². The second-order valence-electron chi connectivity index (χ2n) is 2.41. The largest absolute Gasteiger partial charge is 0.493 e. The number of methoxy groups -OCH3 is 1. The van der Waals surface area contributed by atoms with Gasteiger partial charge in [-0.25, -0.2) is 0 Å². The molecule has 3 nitrogen and oxygen atoms in total. The van der Waals surface area contributed by atoms with Crippen LogP contribution in [0.1, 0.15) is 13.8 Å². The highest BCUT2D eigenvalue weighted by Crippen LogP contribution is 2.00. The van der Waals surface area contributed by atoms with Gasteiger partial charge in [0.25, 0.3) is 0 Å². The van der Waals surface area contributed by atoms with Crippen LogP contribution in [0.15, 0.2) is 24.0 Å². The number of carbonyl (C=O) groups is 2. The minimum Gasteiger partial charge on any atom is -0.493 e. The van der Waals surface area contributed by atoms with Crippen LogP contribution >= 0.6 is 0 Å². The molecule has 12 heavy (non-hydrogen) atoms. The summed E-state index contributed by atoms with van der Waals surface area (Å²) in [6.45, 7) is 6.35. The Bertz CT molecular complexity index is 248. The van der Waals surface area contributed by atoms with Crippen molar-refractivity contribution in [3.05, 3.63) is 24.0 Å². The molecule has 0 radical (unpaired) electrons. The van der Waals surface area contributed by atoms with Crippen molar-refractivity contribution < 1.29 is 14.3 Å². The summed E-state index contributed by atoms with van der Waals surface area (Å²) in [6.07, 6.45) is 1.14. The van der Waals surface area contributed by atoms with Gasteiger partial charge in [-0.05, 0) is 12.5 Å². The first-order valence-electron chi connectivity index (χ1n) is 3.45. The molecule has 0 bridgehead atoms. The molecule has 0 spiro atoms. The molecular weight excluding hydrogens is 156 g/mol. The molecule has 0 unspecified atom stereocenters. The summed E-state index contributed by atoms with van der Waals surface area (Å²) in [5, 5.41) is 0. The van der Waals surface area contributed by atoms with E-state index < -0.39 is 0 Å². The smallest absolute Gasteiger partial charge is 0.194 e. The van der Waals surface area contributed by atoms with Crippen LogP contribution in [0.25, 0.3) is 0 Å². The van der Waals surface area contributed by atoms with Crippen LogP contribution in [0.2, 0.25) is 0 Å². The van der Waals surface area contributed by atoms with Crippen molar-refractivity contribution in [2.24, 2.45) is 0 Å². The van der Waals surface area contributed by atoms with Crippen LogP contribution in [0.4, 0.5) is 0 Å². The van der Waals surface area contributed by atoms with Crippen molar-refractivity contribution in [3.63, 3.8) is 0 Å². The number of hydrogen-bond acceptors (Lipinski definition) is 3. The van der Waals surface area contributed by atoms with E-state index in [1.807, 2.05) is 0 Å². The van der Waals surface area contributed by atoms with Crippen molar-refractivity contribution in [1.29, 1.82) is 0 Å². The minimum atomic E-state index is -0.290. The van der Waals surface area contributed by atoms with E-state index in [2.05, 4.69) is 11.3 Å². The minimum absolute atomic E-state index is 0.0583. The molecule has 0 saturated carbocycles. The molecule has 0 aromatic rings. The Morgan fingerprint density at radius 2 is 1.83 bits per heavy atom. The van der Waals surface area contributed by atoms with E-state index in [-0.39, 0.29) is 17.3 Å². The number of carbonyl (C=O) groups excluding carboxylic acids is 2. The fourth-order valence-corrected chi connectivity index (χ4v) is 0.547. The second kappa shape index (κ2) is 4.49. The van der Waals surface area contributed by atoms with Crippen molar-refractivity contribution in [3.8, 4) is 0 Å². The SMILES string of the molecule is C=C(C)C(=O)/C=C(/OC)C(C)=O. The monoisotopic (exact) mass is 168 g/mol. The predicted octanol–water partition coefficient (Wildman–Crippen LogP) is 1.25. The van der Waals surface area contributed by atoms with Crippen LogP contribution in [0.5, 0.6) is 0 Å². The van der Waals surface area contributed by atoms with E-state index in [1.165, 1.54) is 14.0 Å². The van der Waals surface area contributed by atoms with Crippen LogP contribution < -0.4 is 0 Å². The van der Waals surface area contributed by atoms with Crippen LogP contribution in [0, 0.1) is 0 Å². The van der Waals surface area contributed by atoms with Crippen LogP contribution in [-0.4, -0.2) is 18.7 Å². The van der Waals surface area contributed by atoms with E-state index in [0.717, 1.165) is 6.08 Å². The first kappa shape index (κ1) is 10.6. The van der Waals surface area contributed by atoms with Gasteiger partial charge in [-0.1, -0.05) is 6.58 Å². The molecule has 0 aromatic carbocycles.